The van der Waals surface area contributed by atoms with E-state index in [1.807, 2.05) is 33.0 Å². The lowest BCUT2D eigenvalue weighted by Gasteiger charge is -2.14. The Morgan fingerprint density at radius 3 is 2.48 bits per heavy atom. The maximum atomic E-state index is 5.68. The lowest BCUT2D eigenvalue weighted by atomic mass is 10.1. The molecule has 114 valence electrons. The highest BCUT2D eigenvalue weighted by molar-refractivity contribution is 5.29. The molecular formula is C16H23N3O2. The molecule has 2 rings (SSSR count). The first-order valence-electron chi connectivity index (χ1n) is 7.36. The normalized spacial score (nSPS) is 12.6. The van der Waals surface area contributed by atoms with Gasteiger partial charge in [0.05, 0.1) is 0 Å². The number of nitrogens with zero attached hydrogens (tertiary/aromatic N) is 2. The first kappa shape index (κ1) is 15.5. The molecule has 1 unspecified atom stereocenters. The van der Waals surface area contributed by atoms with Gasteiger partial charge in [0.2, 0.25) is 11.7 Å². The van der Waals surface area contributed by atoms with Crippen molar-refractivity contribution in [1.82, 2.24) is 15.5 Å². The highest BCUT2D eigenvalue weighted by Crippen LogP contribution is 2.20. The van der Waals surface area contributed by atoms with Gasteiger partial charge in [-0.3, -0.25) is 0 Å². The molecule has 2 aromatic rings. The number of nitrogens with one attached hydrogen (secondary N) is 1. The van der Waals surface area contributed by atoms with Crippen molar-refractivity contribution in [3.63, 3.8) is 0 Å². The Labute approximate surface area is 125 Å². The van der Waals surface area contributed by atoms with Crippen LogP contribution in [-0.2, 0) is 6.61 Å². The van der Waals surface area contributed by atoms with Gasteiger partial charge >= 0.3 is 0 Å². The van der Waals surface area contributed by atoms with Crippen LogP contribution < -0.4 is 10.1 Å². The van der Waals surface area contributed by atoms with Crippen LogP contribution in [0.4, 0.5) is 0 Å². The zero-order valence-electron chi connectivity index (χ0n) is 13.1. The predicted octanol–water partition coefficient (Wildman–Crippen LogP) is 3.44. The average molecular weight is 289 g/mol. The zero-order chi connectivity index (χ0) is 15.2. The van der Waals surface area contributed by atoms with Crippen LogP contribution in [0.15, 0.2) is 28.8 Å². The van der Waals surface area contributed by atoms with Gasteiger partial charge in [0.15, 0.2) is 6.61 Å². The van der Waals surface area contributed by atoms with Gasteiger partial charge in [-0.2, -0.15) is 4.98 Å². The fraction of sp³-hybridized carbons (Fsp3) is 0.500. The second kappa shape index (κ2) is 7.22. The van der Waals surface area contributed by atoms with Crippen LogP contribution in [0, 0.1) is 0 Å². The van der Waals surface area contributed by atoms with Crippen LogP contribution in [0.5, 0.6) is 5.75 Å². The molecule has 21 heavy (non-hydrogen) atoms. The molecule has 1 aromatic heterocycles. The van der Waals surface area contributed by atoms with Gasteiger partial charge in [-0.25, -0.2) is 0 Å². The van der Waals surface area contributed by atoms with Gasteiger partial charge in [0, 0.05) is 12.0 Å². The molecule has 0 aliphatic heterocycles. The van der Waals surface area contributed by atoms with Gasteiger partial charge in [-0.15, -0.1) is 0 Å². The van der Waals surface area contributed by atoms with E-state index in [1.54, 1.807) is 0 Å². The van der Waals surface area contributed by atoms with Gasteiger partial charge in [-0.1, -0.05) is 38.1 Å². The third-order valence-electron chi connectivity index (χ3n) is 3.38. The van der Waals surface area contributed by atoms with Crippen molar-refractivity contribution >= 4 is 0 Å². The quantitative estimate of drug-likeness (QED) is 0.846. The molecular weight excluding hydrogens is 266 g/mol. The van der Waals surface area contributed by atoms with Gasteiger partial charge in [-0.05, 0) is 31.2 Å². The lowest BCUT2D eigenvalue weighted by Crippen LogP contribution is -2.14. The Morgan fingerprint density at radius 1 is 1.24 bits per heavy atom. The third-order valence-corrected chi connectivity index (χ3v) is 3.38. The molecule has 1 aromatic carbocycles. The van der Waals surface area contributed by atoms with E-state index < -0.39 is 0 Å². The van der Waals surface area contributed by atoms with Crippen LogP contribution in [0.3, 0.4) is 0 Å². The number of ether oxygens (including phenoxy) is 1. The zero-order valence-corrected chi connectivity index (χ0v) is 13.1. The van der Waals surface area contributed by atoms with E-state index in [0.29, 0.717) is 24.4 Å². The van der Waals surface area contributed by atoms with Crippen molar-refractivity contribution in [2.45, 2.75) is 45.8 Å². The van der Waals surface area contributed by atoms with Gasteiger partial charge in [0.25, 0.3) is 0 Å². The fourth-order valence-electron chi connectivity index (χ4n) is 2.11. The number of benzene rings is 1. The highest BCUT2D eigenvalue weighted by atomic mass is 16.5. The molecule has 0 bridgehead atoms. The number of aromatic nitrogens is 2. The van der Waals surface area contributed by atoms with Crippen molar-refractivity contribution in [2.24, 2.45) is 0 Å². The Bertz CT molecular complexity index is 545. The maximum Gasteiger partial charge on any atom is 0.229 e. The van der Waals surface area contributed by atoms with E-state index in [4.69, 9.17) is 9.26 Å². The molecule has 1 heterocycles. The van der Waals surface area contributed by atoms with Crippen LogP contribution in [0.1, 0.15) is 56.4 Å². The Hall–Kier alpha value is -1.88. The van der Waals surface area contributed by atoms with Crippen molar-refractivity contribution in [2.75, 3.05) is 7.05 Å². The van der Waals surface area contributed by atoms with E-state index in [0.717, 1.165) is 12.2 Å². The summed E-state index contributed by atoms with van der Waals surface area (Å²) in [7, 11) is 1.97. The summed E-state index contributed by atoms with van der Waals surface area (Å²) < 4.78 is 10.8. The van der Waals surface area contributed by atoms with E-state index >= 15 is 0 Å². The fourth-order valence-corrected chi connectivity index (χ4v) is 2.11. The van der Waals surface area contributed by atoms with Crippen molar-refractivity contribution in [1.29, 1.82) is 0 Å². The topological polar surface area (TPSA) is 60.2 Å². The largest absolute Gasteiger partial charge is 0.485 e. The summed E-state index contributed by atoms with van der Waals surface area (Å²) in [5.41, 5.74) is 1.26. The summed E-state index contributed by atoms with van der Waals surface area (Å²) in [4.78, 5) is 4.28. The first-order chi connectivity index (χ1) is 10.1. The summed E-state index contributed by atoms with van der Waals surface area (Å²) in [6.07, 6.45) is 1.05. The van der Waals surface area contributed by atoms with Crippen molar-refractivity contribution in [3.8, 4) is 5.75 Å². The molecule has 0 saturated heterocycles. The SMILES string of the molecule is CCC(NC)c1ccc(OCc2noc(C(C)C)n2)cc1. The molecule has 5 nitrogen and oxygen atoms in total. The van der Waals surface area contributed by atoms with Crippen molar-refractivity contribution in [3.05, 3.63) is 41.5 Å². The second-order valence-electron chi connectivity index (χ2n) is 5.31. The van der Waals surface area contributed by atoms with E-state index in [2.05, 4.69) is 34.5 Å². The number of hydrogen-bond donors (Lipinski definition) is 1. The first-order valence-corrected chi connectivity index (χ1v) is 7.36. The molecule has 0 spiro atoms. The Kier molecular flexibility index (Phi) is 5.33. The molecule has 0 saturated carbocycles. The van der Waals surface area contributed by atoms with Crippen LogP contribution >= 0.6 is 0 Å². The third kappa shape index (κ3) is 4.04. The van der Waals surface area contributed by atoms with Gasteiger partial charge in [0.1, 0.15) is 5.75 Å². The Balaban J connectivity index is 1.94. The van der Waals surface area contributed by atoms with Gasteiger partial charge < -0.3 is 14.6 Å². The monoisotopic (exact) mass is 289 g/mol. The van der Waals surface area contributed by atoms with E-state index in [1.165, 1.54) is 5.56 Å². The maximum absolute atomic E-state index is 5.68. The molecule has 0 aliphatic carbocycles. The predicted molar refractivity (Wildman–Crippen MR) is 81.3 cm³/mol. The number of hydrogen-bond acceptors (Lipinski definition) is 5. The second-order valence-corrected chi connectivity index (χ2v) is 5.31. The average Bonchev–Trinajstić information content (AvgIpc) is 2.97. The Morgan fingerprint density at radius 2 is 1.95 bits per heavy atom. The molecule has 1 atom stereocenters. The minimum Gasteiger partial charge on any atom is -0.485 e. The molecule has 0 fully saturated rings. The van der Waals surface area contributed by atoms with E-state index in [9.17, 15) is 0 Å². The molecule has 0 radical (unpaired) electrons. The van der Waals surface area contributed by atoms with Crippen LogP contribution in [0.2, 0.25) is 0 Å². The highest BCUT2D eigenvalue weighted by Gasteiger charge is 2.10. The standard InChI is InChI=1S/C16H23N3O2/c1-5-14(17-4)12-6-8-13(9-7-12)20-10-15-18-16(11(2)3)21-19-15/h6-9,11,14,17H,5,10H2,1-4H3. The minimum atomic E-state index is 0.234. The summed E-state index contributed by atoms with van der Waals surface area (Å²) >= 11 is 0. The summed E-state index contributed by atoms with van der Waals surface area (Å²) in [5.74, 6) is 2.26. The summed E-state index contributed by atoms with van der Waals surface area (Å²) in [5, 5.41) is 7.19. The van der Waals surface area contributed by atoms with Crippen molar-refractivity contribution < 1.29 is 9.26 Å². The van der Waals surface area contributed by atoms with E-state index in [-0.39, 0.29) is 5.92 Å². The van der Waals surface area contributed by atoms with Crippen LogP contribution in [0.25, 0.3) is 0 Å². The molecule has 0 amide bonds. The molecule has 0 aliphatic rings. The van der Waals surface area contributed by atoms with Crippen LogP contribution in [-0.4, -0.2) is 17.2 Å². The number of rotatable bonds is 7. The smallest absolute Gasteiger partial charge is 0.229 e. The molecule has 5 heteroatoms. The lowest BCUT2D eigenvalue weighted by molar-refractivity contribution is 0.284. The summed E-state index contributed by atoms with van der Waals surface area (Å²) in [6, 6.07) is 8.48. The minimum absolute atomic E-state index is 0.234. The molecule has 1 N–H and O–H groups in total. The summed E-state index contributed by atoms with van der Waals surface area (Å²) in [6.45, 7) is 6.51.